The van der Waals surface area contributed by atoms with Gasteiger partial charge in [0.25, 0.3) is 0 Å². The van der Waals surface area contributed by atoms with Crippen molar-refractivity contribution in [2.45, 2.75) is 19.4 Å². The van der Waals surface area contributed by atoms with Crippen molar-refractivity contribution in [3.05, 3.63) is 70.1 Å². The van der Waals surface area contributed by atoms with Crippen molar-refractivity contribution in [2.75, 3.05) is 0 Å². The number of pyridine rings is 1. The maximum Gasteiger partial charge on any atom is 0.206 e. The van der Waals surface area contributed by atoms with Gasteiger partial charge in [-0.3, -0.25) is 9.36 Å². The van der Waals surface area contributed by atoms with E-state index in [0.717, 1.165) is 11.2 Å². The Labute approximate surface area is 126 Å². The number of para-hydroxylation sites is 1. The van der Waals surface area contributed by atoms with Gasteiger partial charge in [0.05, 0.1) is 11.1 Å². The average Bonchev–Trinajstić information content (AvgIpc) is 2.91. The molecule has 1 atom stereocenters. The highest BCUT2D eigenvalue weighted by Gasteiger charge is 2.27. The SMILES string of the molecule is CC1Cc2c(n(-c3ccc(F)cc3)c3ccccc3c2=O)O1. The number of fused-ring (bicyclic) bond motifs is 2. The monoisotopic (exact) mass is 295 g/mol. The van der Waals surface area contributed by atoms with Crippen LogP contribution in [0, 0.1) is 5.82 Å². The summed E-state index contributed by atoms with van der Waals surface area (Å²) in [6.45, 7) is 1.94. The normalized spacial score (nSPS) is 16.5. The van der Waals surface area contributed by atoms with E-state index in [1.807, 2.05) is 35.8 Å². The minimum Gasteiger partial charge on any atom is -0.475 e. The van der Waals surface area contributed by atoms with Gasteiger partial charge in [0, 0.05) is 17.5 Å². The van der Waals surface area contributed by atoms with Crippen LogP contribution < -0.4 is 10.2 Å². The highest BCUT2D eigenvalue weighted by Crippen LogP contribution is 2.32. The molecule has 2 heterocycles. The van der Waals surface area contributed by atoms with Crippen molar-refractivity contribution in [2.24, 2.45) is 0 Å². The van der Waals surface area contributed by atoms with Gasteiger partial charge in [-0.05, 0) is 43.3 Å². The lowest BCUT2D eigenvalue weighted by atomic mass is 10.1. The first-order valence-electron chi connectivity index (χ1n) is 7.24. The van der Waals surface area contributed by atoms with Crippen molar-refractivity contribution < 1.29 is 9.13 Å². The first kappa shape index (κ1) is 13.1. The van der Waals surface area contributed by atoms with Crippen LogP contribution in [0.4, 0.5) is 4.39 Å². The third kappa shape index (κ3) is 1.84. The second-order valence-corrected chi connectivity index (χ2v) is 5.57. The lowest BCUT2D eigenvalue weighted by molar-refractivity contribution is 0.242. The molecule has 1 aliphatic heterocycles. The summed E-state index contributed by atoms with van der Waals surface area (Å²) in [5.41, 5.74) is 2.26. The molecule has 0 radical (unpaired) electrons. The van der Waals surface area contributed by atoms with Crippen LogP contribution in [-0.2, 0) is 6.42 Å². The zero-order valence-corrected chi connectivity index (χ0v) is 12.0. The van der Waals surface area contributed by atoms with Crippen molar-refractivity contribution in [1.29, 1.82) is 0 Å². The lowest BCUT2D eigenvalue weighted by Gasteiger charge is -2.16. The minimum absolute atomic E-state index is 0.0216. The minimum atomic E-state index is -0.292. The summed E-state index contributed by atoms with van der Waals surface area (Å²) in [6.07, 6.45) is 0.562. The van der Waals surface area contributed by atoms with Gasteiger partial charge in [-0.15, -0.1) is 0 Å². The van der Waals surface area contributed by atoms with Crippen LogP contribution in [0.15, 0.2) is 53.3 Å². The van der Waals surface area contributed by atoms with Gasteiger partial charge < -0.3 is 4.74 Å². The Hall–Kier alpha value is -2.62. The molecule has 0 N–H and O–H groups in total. The van der Waals surface area contributed by atoms with Crippen LogP contribution in [0.1, 0.15) is 12.5 Å². The maximum absolute atomic E-state index is 13.2. The molecular formula is C18H14FNO2. The Morgan fingerprint density at radius 1 is 1.14 bits per heavy atom. The van der Waals surface area contributed by atoms with Crippen LogP contribution in [0.5, 0.6) is 5.88 Å². The van der Waals surface area contributed by atoms with Crippen molar-refractivity contribution >= 4 is 10.9 Å². The molecule has 0 spiro atoms. The van der Waals surface area contributed by atoms with Gasteiger partial charge in [0.1, 0.15) is 11.9 Å². The quantitative estimate of drug-likeness (QED) is 0.688. The molecule has 0 bridgehead atoms. The molecule has 4 rings (SSSR count). The van der Waals surface area contributed by atoms with E-state index >= 15 is 0 Å². The molecule has 4 heteroatoms. The van der Waals surface area contributed by atoms with Gasteiger partial charge in [-0.2, -0.15) is 0 Å². The second kappa shape index (κ2) is 4.70. The van der Waals surface area contributed by atoms with Crippen molar-refractivity contribution in [3.8, 4) is 11.6 Å². The Bertz CT molecular complexity index is 928. The molecular weight excluding hydrogens is 281 g/mol. The van der Waals surface area contributed by atoms with E-state index in [-0.39, 0.29) is 17.3 Å². The van der Waals surface area contributed by atoms with Gasteiger partial charge in [0.2, 0.25) is 5.88 Å². The first-order valence-corrected chi connectivity index (χ1v) is 7.24. The Kier molecular flexibility index (Phi) is 2.79. The highest BCUT2D eigenvalue weighted by atomic mass is 19.1. The fourth-order valence-corrected chi connectivity index (χ4v) is 3.03. The molecule has 0 aliphatic carbocycles. The van der Waals surface area contributed by atoms with E-state index in [4.69, 9.17) is 4.74 Å². The van der Waals surface area contributed by atoms with Crippen LogP contribution in [-0.4, -0.2) is 10.7 Å². The van der Waals surface area contributed by atoms with E-state index in [1.165, 1.54) is 12.1 Å². The van der Waals surface area contributed by atoms with E-state index in [1.54, 1.807) is 12.1 Å². The summed E-state index contributed by atoms with van der Waals surface area (Å²) >= 11 is 0. The predicted octanol–water partition coefficient (Wildman–Crippen LogP) is 3.45. The number of nitrogens with zero attached hydrogens (tertiary/aromatic N) is 1. The molecule has 3 aromatic rings. The molecule has 1 unspecified atom stereocenters. The van der Waals surface area contributed by atoms with Gasteiger partial charge in [-0.1, -0.05) is 12.1 Å². The molecule has 0 amide bonds. The smallest absolute Gasteiger partial charge is 0.206 e. The third-order valence-corrected chi connectivity index (χ3v) is 4.01. The number of halogens is 1. The molecule has 110 valence electrons. The predicted molar refractivity (Wildman–Crippen MR) is 83.3 cm³/mol. The molecule has 0 saturated heterocycles. The summed E-state index contributed by atoms with van der Waals surface area (Å²) in [6, 6.07) is 13.6. The van der Waals surface area contributed by atoms with Crippen LogP contribution in [0.25, 0.3) is 16.6 Å². The summed E-state index contributed by atoms with van der Waals surface area (Å²) < 4.78 is 21.0. The highest BCUT2D eigenvalue weighted by molar-refractivity contribution is 5.83. The molecule has 0 saturated carbocycles. The summed E-state index contributed by atoms with van der Waals surface area (Å²) in [4.78, 5) is 12.7. The van der Waals surface area contributed by atoms with Crippen LogP contribution in [0.2, 0.25) is 0 Å². The van der Waals surface area contributed by atoms with E-state index in [9.17, 15) is 9.18 Å². The van der Waals surface area contributed by atoms with E-state index in [2.05, 4.69) is 0 Å². The van der Waals surface area contributed by atoms with Gasteiger partial charge in [0.15, 0.2) is 5.43 Å². The van der Waals surface area contributed by atoms with Crippen molar-refractivity contribution in [3.63, 3.8) is 0 Å². The van der Waals surface area contributed by atoms with Crippen LogP contribution >= 0.6 is 0 Å². The Morgan fingerprint density at radius 2 is 1.86 bits per heavy atom. The standard InChI is InChI=1S/C18H14FNO2/c1-11-10-15-17(21)14-4-2-3-5-16(14)20(18(15)22-11)13-8-6-12(19)7-9-13/h2-9,11H,10H2,1H3. The zero-order chi connectivity index (χ0) is 15.3. The van der Waals surface area contributed by atoms with E-state index < -0.39 is 0 Å². The fraction of sp³-hybridized carbons (Fsp3) is 0.167. The lowest BCUT2D eigenvalue weighted by Crippen LogP contribution is -2.13. The number of rotatable bonds is 1. The summed E-state index contributed by atoms with van der Waals surface area (Å²) in [5.74, 6) is 0.280. The molecule has 0 fully saturated rings. The van der Waals surface area contributed by atoms with E-state index in [0.29, 0.717) is 23.3 Å². The van der Waals surface area contributed by atoms with Gasteiger partial charge >= 0.3 is 0 Å². The average molecular weight is 295 g/mol. The molecule has 22 heavy (non-hydrogen) atoms. The molecule has 3 nitrogen and oxygen atoms in total. The van der Waals surface area contributed by atoms with Crippen LogP contribution in [0.3, 0.4) is 0 Å². The third-order valence-electron chi connectivity index (χ3n) is 4.01. The fourth-order valence-electron chi connectivity index (χ4n) is 3.03. The number of hydrogen-bond acceptors (Lipinski definition) is 2. The summed E-state index contributed by atoms with van der Waals surface area (Å²) in [5, 5.41) is 0.656. The molecule has 1 aromatic heterocycles. The zero-order valence-electron chi connectivity index (χ0n) is 12.0. The largest absolute Gasteiger partial charge is 0.475 e. The molecule has 1 aliphatic rings. The Balaban J connectivity index is 2.13. The summed E-state index contributed by atoms with van der Waals surface area (Å²) in [7, 11) is 0. The number of benzene rings is 2. The number of ether oxygens (including phenoxy) is 1. The first-order chi connectivity index (χ1) is 10.6. The van der Waals surface area contributed by atoms with Gasteiger partial charge in [-0.25, -0.2) is 4.39 Å². The topological polar surface area (TPSA) is 31.2 Å². The number of aromatic nitrogens is 1. The number of hydrogen-bond donors (Lipinski definition) is 0. The molecule has 2 aromatic carbocycles. The Morgan fingerprint density at radius 3 is 2.64 bits per heavy atom. The van der Waals surface area contributed by atoms with Crippen molar-refractivity contribution in [1.82, 2.24) is 4.57 Å². The maximum atomic E-state index is 13.2. The second-order valence-electron chi connectivity index (χ2n) is 5.57.